The smallest absolute Gasteiger partial charge is 0.0410 e. The summed E-state index contributed by atoms with van der Waals surface area (Å²) in [5, 5.41) is 1.77. The largest absolute Gasteiger partial charge is 0.268 e. The highest BCUT2D eigenvalue weighted by Crippen LogP contribution is 1.95. The Bertz CT molecular complexity index is 178. The van der Waals surface area contributed by atoms with Gasteiger partial charge in [-0.1, -0.05) is 12.7 Å². The summed E-state index contributed by atoms with van der Waals surface area (Å²) in [5.74, 6) is 5.70. The van der Waals surface area contributed by atoms with Crippen molar-refractivity contribution in [3.63, 3.8) is 0 Å². The maximum absolute atomic E-state index is 5.70. The maximum Gasteiger partial charge on any atom is 0.0410 e. The van der Waals surface area contributed by atoms with Crippen LogP contribution in [0.15, 0.2) is 30.5 Å². The summed E-state index contributed by atoms with van der Waals surface area (Å²) < 4.78 is 0. The number of allylic oxidation sites excluding steroid dienone is 1. The van der Waals surface area contributed by atoms with Crippen LogP contribution in [0.1, 0.15) is 19.8 Å². The van der Waals surface area contributed by atoms with E-state index in [0.29, 0.717) is 0 Å². The molecule has 0 amide bonds. The third-order valence-electron chi connectivity index (χ3n) is 1.60. The van der Waals surface area contributed by atoms with Crippen molar-refractivity contribution in [1.82, 2.24) is 5.01 Å². The predicted octanol–water partition coefficient (Wildman–Crippen LogP) is 1.86. The SMILES string of the molecule is C=C=C(C)CN(N)CCCC=C. The molecule has 0 aromatic carbocycles. The molecule has 0 fully saturated rings. The van der Waals surface area contributed by atoms with Gasteiger partial charge in [-0.2, -0.15) is 0 Å². The molecule has 0 aliphatic heterocycles. The Morgan fingerprint density at radius 2 is 2.33 bits per heavy atom. The first-order chi connectivity index (χ1) is 5.70. The molecule has 0 saturated carbocycles. The Labute approximate surface area is 75.0 Å². The Morgan fingerprint density at radius 3 is 2.83 bits per heavy atom. The number of unbranched alkanes of at least 4 members (excludes halogenated alkanes) is 1. The van der Waals surface area contributed by atoms with Crippen molar-refractivity contribution in [1.29, 1.82) is 0 Å². The van der Waals surface area contributed by atoms with E-state index in [9.17, 15) is 0 Å². The third-order valence-corrected chi connectivity index (χ3v) is 1.60. The van der Waals surface area contributed by atoms with Gasteiger partial charge < -0.3 is 0 Å². The zero-order valence-corrected chi connectivity index (χ0v) is 7.84. The molecule has 12 heavy (non-hydrogen) atoms. The average molecular weight is 166 g/mol. The Kier molecular flexibility index (Phi) is 6.39. The Balaban J connectivity index is 3.52. The van der Waals surface area contributed by atoms with Gasteiger partial charge in [-0.3, -0.25) is 5.84 Å². The van der Waals surface area contributed by atoms with Crippen LogP contribution in [-0.4, -0.2) is 18.1 Å². The van der Waals surface area contributed by atoms with Crippen molar-refractivity contribution >= 4 is 0 Å². The van der Waals surface area contributed by atoms with E-state index in [-0.39, 0.29) is 0 Å². The third kappa shape index (κ3) is 5.93. The molecule has 2 N–H and O–H groups in total. The molecule has 0 aliphatic rings. The van der Waals surface area contributed by atoms with Crippen LogP contribution in [-0.2, 0) is 0 Å². The van der Waals surface area contributed by atoms with Gasteiger partial charge in [0.05, 0.1) is 0 Å². The number of hydrazine groups is 1. The van der Waals surface area contributed by atoms with E-state index >= 15 is 0 Å². The summed E-state index contributed by atoms with van der Waals surface area (Å²) in [6.07, 6.45) is 3.99. The second-order valence-electron chi connectivity index (χ2n) is 2.86. The van der Waals surface area contributed by atoms with Crippen molar-refractivity contribution in [2.24, 2.45) is 5.84 Å². The van der Waals surface area contributed by atoms with Crippen molar-refractivity contribution < 1.29 is 0 Å². The van der Waals surface area contributed by atoms with Crippen molar-refractivity contribution in [3.05, 3.63) is 30.5 Å². The molecular formula is C10H18N2. The molecule has 2 nitrogen and oxygen atoms in total. The maximum atomic E-state index is 5.70. The lowest BCUT2D eigenvalue weighted by Gasteiger charge is -2.14. The van der Waals surface area contributed by atoms with Crippen LogP contribution in [0.2, 0.25) is 0 Å². The number of nitrogens with zero attached hydrogens (tertiary/aromatic N) is 1. The molecule has 0 spiro atoms. The van der Waals surface area contributed by atoms with E-state index in [1.807, 2.05) is 13.0 Å². The summed E-state index contributed by atoms with van der Waals surface area (Å²) in [7, 11) is 0. The molecule has 68 valence electrons. The average Bonchev–Trinajstić information content (AvgIpc) is 2.05. The molecule has 0 bridgehead atoms. The highest BCUT2D eigenvalue weighted by molar-refractivity contribution is 4.96. The van der Waals surface area contributed by atoms with Crippen LogP contribution in [0.5, 0.6) is 0 Å². The van der Waals surface area contributed by atoms with Crippen LogP contribution >= 0.6 is 0 Å². The van der Waals surface area contributed by atoms with Gasteiger partial charge in [-0.25, -0.2) is 5.01 Å². The quantitative estimate of drug-likeness (QED) is 0.214. The topological polar surface area (TPSA) is 29.3 Å². The van der Waals surface area contributed by atoms with Crippen LogP contribution in [0, 0.1) is 0 Å². The van der Waals surface area contributed by atoms with Crippen LogP contribution in [0.3, 0.4) is 0 Å². The van der Waals surface area contributed by atoms with Gasteiger partial charge in [0.25, 0.3) is 0 Å². The van der Waals surface area contributed by atoms with E-state index in [1.165, 1.54) is 0 Å². The number of nitrogens with two attached hydrogens (primary N) is 1. The second-order valence-corrected chi connectivity index (χ2v) is 2.86. The molecule has 0 unspecified atom stereocenters. The first-order valence-electron chi connectivity index (χ1n) is 4.16. The van der Waals surface area contributed by atoms with Crippen LogP contribution < -0.4 is 5.84 Å². The molecule has 0 aliphatic carbocycles. The van der Waals surface area contributed by atoms with E-state index in [2.05, 4.69) is 18.9 Å². The first kappa shape index (κ1) is 11.2. The lowest BCUT2D eigenvalue weighted by atomic mass is 10.3. The minimum atomic E-state index is 0.751. The second kappa shape index (κ2) is 6.86. The minimum absolute atomic E-state index is 0.751. The Morgan fingerprint density at radius 1 is 1.67 bits per heavy atom. The molecule has 0 atom stereocenters. The monoisotopic (exact) mass is 166 g/mol. The highest BCUT2D eigenvalue weighted by Gasteiger charge is 1.97. The molecule has 0 aromatic rings. The summed E-state index contributed by atoms with van der Waals surface area (Å²) in [6, 6.07) is 0. The van der Waals surface area contributed by atoms with Gasteiger partial charge in [-0.05, 0) is 25.3 Å². The number of rotatable bonds is 6. The van der Waals surface area contributed by atoms with Crippen molar-refractivity contribution in [2.45, 2.75) is 19.8 Å². The van der Waals surface area contributed by atoms with Crippen LogP contribution in [0.4, 0.5) is 0 Å². The Hall–Kier alpha value is -0.820. The standard InChI is InChI=1S/C10H18N2/c1-4-6-7-8-12(11)9-10(3)5-2/h4H,1-2,6-9,11H2,3H3. The fourth-order valence-corrected chi connectivity index (χ4v) is 0.878. The van der Waals surface area contributed by atoms with Gasteiger partial charge in [0.15, 0.2) is 0 Å². The molecule has 0 heterocycles. The predicted molar refractivity (Wildman–Crippen MR) is 53.5 cm³/mol. The summed E-state index contributed by atoms with van der Waals surface area (Å²) in [4.78, 5) is 0. The van der Waals surface area contributed by atoms with Gasteiger partial charge in [-0.15, -0.1) is 12.3 Å². The molecule has 0 radical (unpaired) electrons. The van der Waals surface area contributed by atoms with Gasteiger partial charge in [0, 0.05) is 13.1 Å². The zero-order chi connectivity index (χ0) is 9.40. The van der Waals surface area contributed by atoms with E-state index < -0.39 is 0 Å². The lowest BCUT2D eigenvalue weighted by Crippen LogP contribution is -2.33. The summed E-state index contributed by atoms with van der Waals surface area (Å²) in [5.41, 5.74) is 3.89. The van der Waals surface area contributed by atoms with Gasteiger partial charge in [0.2, 0.25) is 0 Å². The van der Waals surface area contributed by atoms with E-state index in [4.69, 9.17) is 5.84 Å². The van der Waals surface area contributed by atoms with Gasteiger partial charge >= 0.3 is 0 Å². The normalized spacial score (nSPS) is 9.58. The van der Waals surface area contributed by atoms with E-state index in [0.717, 1.165) is 31.5 Å². The molecule has 0 saturated heterocycles. The molecule has 0 rings (SSSR count). The van der Waals surface area contributed by atoms with Crippen molar-refractivity contribution in [2.75, 3.05) is 13.1 Å². The van der Waals surface area contributed by atoms with Crippen molar-refractivity contribution in [3.8, 4) is 0 Å². The van der Waals surface area contributed by atoms with Gasteiger partial charge in [0.1, 0.15) is 0 Å². The molecule has 0 aromatic heterocycles. The first-order valence-corrected chi connectivity index (χ1v) is 4.16. The highest BCUT2D eigenvalue weighted by atomic mass is 15.4. The number of hydrogen-bond acceptors (Lipinski definition) is 2. The zero-order valence-electron chi connectivity index (χ0n) is 7.84. The van der Waals surface area contributed by atoms with Crippen LogP contribution in [0.25, 0.3) is 0 Å². The lowest BCUT2D eigenvalue weighted by molar-refractivity contribution is 0.304. The number of hydrogen-bond donors (Lipinski definition) is 1. The van der Waals surface area contributed by atoms with E-state index in [1.54, 1.807) is 5.01 Å². The summed E-state index contributed by atoms with van der Waals surface area (Å²) in [6.45, 7) is 10.8. The minimum Gasteiger partial charge on any atom is -0.268 e. The summed E-state index contributed by atoms with van der Waals surface area (Å²) >= 11 is 0. The molecule has 2 heteroatoms. The fraction of sp³-hybridized carbons (Fsp3) is 0.500. The fourth-order valence-electron chi connectivity index (χ4n) is 0.878. The molecular weight excluding hydrogens is 148 g/mol.